The minimum atomic E-state index is 0.625. The molecule has 6 heteroatoms. The Morgan fingerprint density at radius 3 is 1.30 bits per heavy atom. The van der Waals surface area contributed by atoms with Crippen LogP contribution in [0.5, 0.6) is 0 Å². The molecule has 0 spiro atoms. The van der Waals surface area contributed by atoms with Crippen LogP contribution in [0.1, 0.15) is 54.4 Å². The van der Waals surface area contributed by atoms with Gasteiger partial charge in [-0.15, -0.1) is 0 Å². The minimum absolute atomic E-state index is 0.625. The first-order valence-electron chi connectivity index (χ1n) is 8.97. The third kappa shape index (κ3) is 3.64. The number of unbranched alkanes of at least 4 members (excludes halogenated alkanes) is 1. The highest BCUT2D eigenvalue weighted by Crippen LogP contribution is 2.26. The Morgan fingerprint density at radius 2 is 1.00 bits per heavy atom. The summed E-state index contributed by atoms with van der Waals surface area (Å²) >= 11 is 0. The maximum atomic E-state index is 2.74. The van der Waals surface area contributed by atoms with Crippen molar-refractivity contribution in [2.45, 2.75) is 73.3 Å². The molecule has 1 aliphatic rings. The fourth-order valence-corrected chi connectivity index (χ4v) is 4.09. The summed E-state index contributed by atoms with van der Waals surface area (Å²) in [6.07, 6.45) is 6.44. The molecule has 0 atom stereocenters. The second kappa shape index (κ2) is 9.17. The van der Waals surface area contributed by atoms with E-state index < -0.39 is 0 Å². The monoisotopic (exact) mass is 277 g/mol. The second-order valence-corrected chi connectivity index (χ2v) is 5.89. The zero-order valence-corrected chi connectivity index (χ0v) is 14.7. The van der Waals surface area contributed by atoms with Crippen LogP contribution in [0.15, 0.2) is 0 Å². The van der Waals surface area contributed by atoms with Crippen molar-refractivity contribution in [2.24, 2.45) is 0 Å². The summed E-state index contributed by atoms with van der Waals surface area (Å²) in [5.74, 6) is 0. The van der Waals surface area contributed by atoms with Crippen molar-refractivity contribution in [3.8, 4) is 0 Å². The van der Waals surface area contributed by atoms with Crippen molar-refractivity contribution < 1.29 is 0 Å². The van der Waals surface area contributed by atoms with Crippen LogP contribution in [-0.2, 0) is 0 Å². The van der Waals surface area contributed by atoms with Gasteiger partial charge in [0, 0.05) is 0 Å². The normalized spacial score (nSPS) is 19.2. The van der Waals surface area contributed by atoms with Crippen molar-refractivity contribution in [1.29, 1.82) is 0 Å². The Hall–Kier alpha value is 0.0748. The molecule has 0 saturated carbocycles. The molecule has 0 bridgehead atoms. The van der Waals surface area contributed by atoms with Crippen LogP contribution in [-0.4, -0.2) is 54.7 Å². The fourth-order valence-electron chi connectivity index (χ4n) is 4.09. The lowest BCUT2D eigenvalue weighted by atomic mass is 9.40. The van der Waals surface area contributed by atoms with E-state index in [1.165, 1.54) is 31.8 Å². The highest BCUT2D eigenvalue weighted by Gasteiger charge is 2.48. The third-order valence-corrected chi connectivity index (χ3v) is 4.94. The Labute approximate surface area is 128 Å². The van der Waals surface area contributed by atoms with E-state index in [1.54, 1.807) is 0 Å². The van der Waals surface area contributed by atoms with Gasteiger partial charge in [-0.25, -0.2) is 0 Å². The lowest BCUT2D eigenvalue weighted by Crippen LogP contribution is -2.76. The van der Waals surface area contributed by atoms with Gasteiger partial charge >= 0.3 is 0 Å². The quantitative estimate of drug-likeness (QED) is 0.630. The first-order chi connectivity index (χ1) is 9.69. The molecule has 1 heterocycles. The van der Waals surface area contributed by atoms with E-state index in [4.69, 9.17) is 0 Å². The average Bonchev–Trinajstić information content (AvgIpc) is 2.49. The summed E-state index contributed by atoms with van der Waals surface area (Å²) in [5, 5.41) is 0. The van der Waals surface area contributed by atoms with Crippen molar-refractivity contribution in [3.05, 3.63) is 0 Å². The van der Waals surface area contributed by atoms with E-state index in [2.05, 4.69) is 55.7 Å². The lowest BCUT2D eigenvalue weighted by Gasteiger charge is -2.54. The molecule has 0 radical (unpaired) electrons. The van der Waals surface area contributed by atoms with Gasteiger partial charge in [0.15, 0.2) is 0 Å². The fraction of sp³-hybridized carbons (Fsp3) is 1.00. The molecule has 1 fully saturated rings. The molecule has 0 N–H and O–H groups in total. The number of rotatable bonds is 8. The topological polar surface area (TPSA) is 9.72 Å². The minimum Gasteiger partial charge on any atom is -0.357 e. The van der Waals surface area contributed by atoms with Crippen molar-refractivity contribution in [2.75, 3.05) is 19.6 Å². The predicted octanol–water partition coefficient (Wildman–Crippen LogP) is 3.27. The van der Waals surface area contributed by atoms with Gasteiger partial charge in [-0.3, -0.25) is 0 Å². The molecule has 0 aromatic heterocycles. The van der Waals surface area contributed by atoms with Gasteiger partial charge in [-0.2, -0.15) is 0 Å². The van der Waals surface area contributed by atoms with E-state index in [9.17, 15) is 0 Å². The highest BCUT2D eigenvalue weighted by atomic mass is 15.3. The smallest absolute Gasteiger partial charge is 0.290 e. The van der Waals surface area contributed by atoms with Crippen LogP contribution in [0, 0.1) is 0 Å². The summed E-state index contributed by atoms with van der Waals surface area (Å²) in [4.78, 5) is 0. The highest BCUT2D eigenvalue weighted by molar-refractivity contribution is 6.86. The standard InChI is InChI=1S/C14H34B3N3/c1-7-13-14-17-19(11-5)15(8-2)18(10-4)16(9-3)20(17)12-6/h7-14H2,1-6H3. The maximum absolute atomic E-state index is 2.74. The maximum Gasteiger partial charge on any atom is 0.290 e. The molecule has 20 heavy (non-hydrogen) atoms. The SMILES string of the molecule is CCCCB1N(CC)B(CC)N(CC)B(CC)N1CC. The van der Waals surface area contributed by atoms with Gasteiger partial charge in [0.05, 0.1) is 0 Å². The van der Waals surface area contributed by atoms with Crippen LogP contribution in [0.4, 0.5) is 0 Å². The molecular formula is C14H34B3N3. The van der Waals surface area contributed by atoms with Gasteiger partial charge in [-0.05, 0) is 38.6 Å². The zero-order chi connectivity index (χ0) is 15.1. The van der Waals surface area contributed by atoms with Crippen molar-refractivity contribution in [3.63, 3.8) is 0 Å². The van der Waals surface area contributed by atoms with Gasteiger partial charge < -0.3 is 14.2 Å². The van der Waals surface area contributed by atoms with Crippen LogP contribution in [0.2, 0.25) is 19.0 Å². The van der Waals surface area contributed by atoms with Crippen LogP contribution < -0.4 is 0 Å². The lowest BCUT2D eigenvalue weighted by molar-refractivity contribution is 0.444. The molecule has 0 unspecified atom stereocenters. The summed E-state index contributed by atoms with van der Waals surface area (Å²) < 4.78 is 8.21. The molecule has 1 aliphatic heterocycles. The molecule has 0 amide bonds. The summed E-state index contributed by atoms with van der Waals surface area (Å²) in [6, 6.07) is 0. The molecule has 1 rings (SSSR count). The van der Waals surface area contributed by atoms with E-state index in [-0.39, 0.29) is 0 Å². The van der Waals surface area contributed by atoms with Crippen molar-refractivity contribution >= 4 is 20.9 Å². The summed E-state index contributed by atoms with van der Waals surface area (Å²) in [7, 11) is 0. The number of hydrogen-bond donors (Lipinski definition) is 0. The molecule has 1 saturated heterocycles. The molecular weight excluding hydrogens is 243 g/mol. The Balaban J connectivity index is 3.04. The molecule has 0 aromatic carbocycles. The molecule has 0 aliphatic carbocycles. The first kappa shape index (κ1) is 18.1. The number of hydrogen-bond acceptors (Lipinski definition) is 3. The van der Waals surface area contributed by atoms with E-state index in [0.717, 1.165) is 19.6 Å². The van der Waals surface area contributed by atoms with Crippen LogP contribution in [0.3, 0.4) is 0 Å². The molecule has 0 aromatic rings. The van der Waals surface area contributed by atoms with E-state index >= 15 is 0 Å². The Bertz CT molecular complexity index is 248. The van der Waals surface area contributed by atoms with Crippen molar-refractivity contribution in [1.82, 2.24) is 14.2 Å². The van der Waals surface area contributed by atoms with E-state index in [0.29, 0.717) is 20.9 Å². The van der Waals surface area contributed by atoms with E-state index in [1.807, 2.05) is 0 Å². The van der Waals surface area contributed by atoms with Gasteiger partial charge in [0.1, 0.15) is 0 Å². The predicted molar refractivity (Wildman–Crippen MR) is 95.1 cm³/mol. The summed E-state index contributed by atoms with van der Waals surface area (Å²) in [5.41, 5.74) is 0. The third-order valence-electron chi connectivity index (χ3n) is 4.94. The second-order valence-electron chi connectivity index (χ2n) is 5.89. The largest absolute Gasteiger partial charge is 0.357 e. The Kier molecular flexibility index (Phi) is 8.31. The van der Waals surface area contributed by atoms with Gasteiger partial charge in [-0.1, -0.05) is 54.4 Å². The molecule has 3 nitrogen and oxygen atoms in total. The zero-order valence-electron chi connectivity index (χ0n) is 14.7. The van der Waals surface area contributed by atoms with Gasteiger partial charge in [0.25, 0.3) is 20.9 Å². The van der Waals surface area contributed by atoms with Crippen LogP contribution >= 0.6 is 0 Å². The van der Waals surface area contributed by atoms with Crippen LogP contribution in [0.25, 0.3) is 0 Å². The average molecular weight is 277 g/mol. The first-order valence-corrected chi connectivity index (χ1v) is 8.97. The Morgan fingerprint density at radius 1 is 0.600 bits per heavy atom. The number of nitrogens with zero attached hydrogens (tertiary/aromatic N) is 3. The molecule has 114 valence electrons. The van der Waals surface area contributed by atoms with Gasteiger partial charge in [0.2, 0.25) is 0 Å². The summed E-state index contributed by atoms with van der Waals surface area (Å²) in [6.45, 7) is 19.4.